The average molecular weight is 483 g/mol. The van der Waals surface area contributed by atoms with E-state index in [2.05, 4.69) is 0 Å². The number of hydrogen-bond acceptors (Lipinski definition) is 12. The quantitative estimate of drug-likeness (QED) is 0.173. The summed E-state index contributed by atoms with van der Waals surface area (Å²) in [4.78, 5) is 13.1. The van der Waals surface area contributed by atoms with Crippen molar-refractivity contribution >= 4 is 5.97 Å². The van der Waals surface area contributed by atoms with Crippen LogP contribution in [0.5, 0.6) is 0 Å². The van der Waals surface area contributed by atoms with E-state index in [1.807, 2.05) is 20.8 Å². The molecule has 0 aromatic carbocycles. The minimum absolute atomic E-state index is 0.509. The van der Waals surface area contributed by atoms with E-state index in [9.17, 15) is 40.5 Å². The fourth-order valence-corrected chi connectivity index (χ4v) is 3.75. The maximum atomic E-state index is 13.1. The Balaban J connectivity index is 2.37. The molecule has 7 N–H and O–H groups in total. The first kappa shape index (κ1) is 28.3. The minimum Gasteiger partial charge on any atom is -0.453 e. The summed E-state index contributed by atoms with van der Waals surface area (Å²) in [6.45, 7) is 6.56. The van der Waals surface area contributed by atoms with Crippen LogP contribution in [0.25, 0.3) is 0 Å². The monoisotopic (exact) mass is 482 g/mol. The second-order valence-corrected chi connectivity index (χ2v) is 9.80. The molecule has 12 heteroatoms. The molecule has 12 nitrogen and oxygen atoms in total. The van der Waals surface area contributed by atoms with Crippen molar-refractivity contribution in [1.29, 1.82) is 0 Å². The highest BCUT2D eigenvalue weighted by molar-refractivity contribution is 5.77. The molecule has 2 aliphatic rings. The van der Waals surface area contributed by atoms with E-state index in [1.165, 1.54) is 0 Å². The molecule has 0 aromatic heterocycles. The Bertz CT molecular complexity index is 668. The highest BCUT2D eigenvalue weighted by Crippen LogP contribution is 2.44. The van der Waals surface area contributed by atoms with E-state index in [0.29, 0.717) is 6.42 Å². The van der Waals surface area contributed by atoms with Gasteiger partial charge >= 0.3 is 5.97 Å². The molecule has 0 amide bonds. The van der Waals surface area contributed by atoms with Crippen molar-refractivity contribution in [3.05, 3.63) is 0 Å². The minimum atomic E-state index is -2.29. The fourth-order valence-electron chi connectivity index (χ4n) is 3.75. The summed E-state index contributed by atoms with van der Waals surface area (Å²) in [6.07, 6.45) is -12.3. The number of carbonyl (C=O) groups excluding carboxylic acids is 1. The second-order valence-electron chi connectivity index (χ2n) is 9.80. The van der Waals surface area contributed by atoms with Crippen LogP contribution in [0.1, 0.15) is 41.0 Å². The zero-order valence-electron chi connectivity index (χ0n) is 19.6. The first-order valence-corrected chi connectivity index (χ1v) is 11.0. The first-order chi connectivity index (χ1) is 15.2. The lowest BCUT2D eigenvalue weighted by atomic mass is 9.66. The molecule has 9 atom stereocenters. The maximum absolute atomic E-state index is 13.1. The van der Waals surface area contributed by atoms with Gasteiger partial charge in [0.1, 0.15) is 43.2 Å². The van der Waals surface area contributed by atoms with Gasteiger partial charge in [-0.15, -0.1) is 0 Å². The summed E-state index contributed by atoms with van der Waals surface area (Å²) < 4.78 is 22.0. The van der Waals surface area contributed by atoms with Gasteiger partial charge in [-0.05, 0) is 25.7 Å². The Morgan fingerprint density at radius 1 is 0.909 bits per heavy atom. The molecule has 0 unspecified atom stereocenters. The second kappa shape index (κ2) is 10.4. The summed E-state index contributed by atoms with van der Waals surface area (Å²) in [6, 6.07) is 0. The number of hydrogen-bond donors (Lipinski definition) is 7. The zero-order chi connectivity index (χ0) is 25.4. The van der Waals surface area contributed by atoms with Crippen LogP contribution in [0.15, 0.2) is 0 Å². The van der Waals surface area contributed by atoms with Gasteiger partial charge in [-0.25, -0.2) is 0 Å². The normalized spacial score (nSPS) is 40.1. The number of rotatable bonds is 9. The molecule has 2 fully saturated rings. The Hall–Kier alpha value is -0.930. The van der Waals surface area contributed by atoms with Crippen LogP contribution >= 0.6 is 0 Å². The van der Waals surface area contributed by atoms with Gasteiger partial charge in [-0.1, -0.05) is 20.8 Å². The molecule has 2 heterocycles. The lowest BCUT2D eigenvalue weighted by molar-refractivity contribution is -0.384. The lowest BCUT2D eigenvalue weighted by Gasteiger charge is -2.44. The van der Waals surface area contributed by atoms with Crippen molar-refractivity contribution in [2.24, 2.45) is 10.8 Å². The van der Waals surface area contributed by atoms with E-state index in [-0.39, 0.29) is 0 Å². The van der Waals surface area contributed by atoms with Crippen molar-refractivity contribution in [3.8, 4) is 0 Å². The van der Waals surface area contributed by atoms with Crippen molar-refractivity contribution in [2.45, 2.75) is 95.8 Å². The summed E-state index contributed by atoms with van der Waals surface area (Å²) >= 11 is 0. The van der Waals surface area contributed by atoms with E-state index in [0.717, 1.165) is 0 Å². The van der Waals surface area contributed by atoms with E-state index in [4.69, 9.17) is 18.9 Å². The Morgan fingerprint density at radius 2 is 1.48 bits per heavy atom. The van der Waals surface area contributed by atoms with Crippen LogP contribution in [0, 0.1) is 10.8 Å². The van der Waals surface area contributed by atoms with Crippen molar-refractivity contribution in [2.75, 3.05) is 19.8 Å². The van der Waals surface area contributed by atoms with Gasteiger partial charge in [0.2, 0.25) is 5.79 Å². The molecule has 2 rings (SSSR count). The molecule has 2 aliphatic heterocycles. The molecule has 0 saturated carbocycles. The number of ether oxygens (including phenoxy) is 4. The van der Waals surface area contributed by atoms with Crippen LogP contribution in [-0.2, 0) is 23.7 Å². The van der Waals surface area contributed by atoms with Gasteiger partial charge in [0, 0.05) is 0 Å². The van der Waals surface area contributed by atoms with Crippen LogP contribution in [-0.4, -0.2) is 116 Å². The van der Waals surface area contributed by atoms with Gasteiger partial charge in [-0.2, -0.15) is 0 Å². The summed E-state index contributed by atoms with van der Waals surface area (Å²) in [5, 5.41) is 70.2. The van der Waals surface area contributed by atoms with Gasteiger partial charge in [0.15, 0.2) is 12.4 Å². The number of esters is 1. The van der Waals surface area contributed by atoms with Crippen LogP contribution < -0.4 is 0 Å². The molecule has 194 valence electrons. The van der Waals surface area contributed by atoms with Crippen LogP contribution in [0.4, 0.5) is 0 Å². The predicted octanol–water partition coefficient (Wildman–Crippen LogP) is -2.38. The molecular weight excluding hydrogens is 444 g/mol. The molecule has 0 aromatic rings. The predicted molar refractivity (Wildman–Crippen MR) is 110 cm³/mol. The SMILES string of the molecule is CCC(C)(C)C(C)(C)C(=O)O[C@H]1[C@H](O)[C@@H](CO)O[C@@]1(CO)O[C@H]1O[C@H](CO)[C@@H](O)[C@H](O)[C@H]1O. The Kier molecular flexibility index (Phi) is 8.89. The van der Waals surface area contributed by atoms with Crippen LogP contribution in [0.3, 0.4) is 0 Å². The topological polar surface area (TPSA) is 196 Å². The van der Waals surface area contributed by atoms with Gasteiger partial charge in [0.05, 0.1) is 18.6 Å². The van der Waals surface area contributed by atoms with Gasteiger partial charge in [0.25, 0.3) is 0 Å². The molecular formula is C21H38O12. The summed E-state index contributed by atoms with van der Waals surface area (Å²) in [5.74, 6) is -3.02. The molecule has 0 aliphatic carbocycles. The molecule has 0 radical (unpaired) electrons. The standard InChI is InChI=1S/C21H38O12/c1-6-19(2,3)20(4,5)18(29)31-16-13(26)11(8-23)32-21(16,9-24)33-17-15(28)14(27)12(25)10(7-22)30-17/h10-17,22-28H,6-9H2,1-5H3/t10-,11-,12-,13-,14+,15-,16+,17-,21+/m1/s1. The van der Waals surface area contributed by atoms with Gasteiger partial charge < -0.3 is 54.7 Å². The van der Waals surface area contributed by atoms with E-state index in [1.54, 1.807) is 13.8 Å². The fraction of sp³-hybridized carbons (Fsp3) is 0.952. The zero-order valence-corrected chi connectivity index (χ0v) is 19.6. The molecule has 0 bridgehead atoms. The highest BCUT2D eigenvalue weighted by Gasteiger charge is 2.61. The lowest BCUT2D eigenvalue weighted by Crippen LogP contribution is -2.63. The summed E-state index contributed by atoms with van der Waals surface area (Å²) in [7, 11) is 0. The maximum Gasteiger partial charge on any atom is 0.312 e. The number of aliphatic hydroxyl groups is 7. The number of carbonyl (C=O) groups is 1. The first-order valence-electron chi connectivity index (χ1n) is 11.0. The average Bonchev–Trinajstić information content (AvgIpc) is 3.05. The third kappa shape index (κ3) is 5.06. The smallest absolute Gasteiger partial charge is 0.312 e. The van der Waals surface area contributed by atoms with Crippen molar-refractivity contribution in [1.82, 2.24) is 0 Å². The highest BCUT2D eigenvalue weighted by atomic mass is 16.8. The van der Waals surface area contributed by atoms with Crippen LogP contribution in [0.2, 0.25) is 0 Å². The Labute approximate surface area is 192 Å². The van der Waals surface area contributed by atoms with Gasteiger partial charge in [-0.3, -0.25) is 4.79 Å². The number of aliphatic hydroxyl groups excluding tert-OH is 7. The van der Waals surface area contributed by atoms with Crippen molar-refractivity contribution < 1.29 is 59.5 Å². The molecule has 0 spiro atoms. The van der Waals surface area contributed by atoms with E-state index < -0.39 is 91.4 Å². The summed E-state index contributed by atoms with van der Waals surface area (Å²) in [5.41, 5.74) is -1.55. The van der Waals surface area contributed by atoms with E-state index >= 15 is 0 Å². The Morgan fingerprint density at radius 3 is 1.97 bits per heavy atom. The third-order valence-electron chi connectivity index (χ3n) is 7.36. The van der Waals surface area contributed by atoms with Crippen molar-refractivity contribution in [3.63, 3.8) is 0 Å². The molecule has 33 heavy (non-hydrogen) atoms. The third-order valence-corrected chi connectivity index (χ3v) is 7.36. The largest absolute Gasteiger partial charge is 0.453 e. The molecule has 2 saturated heterocycles.